The van der Waals surface area contributed by atoms with Crippen molar-refractivity contribution in [1.82, 2.24) is 0 Å². The van der Waals surface area contributed by atoms with E-state index in [2.05, 4.69) is 0 Å². The van der Waals surface area contributed by atoms with Crippen molar-refractivity contribution >= 4 is 0 Å². The molecule has 1 heterocycles. The zero-order valence-corrected chi connectivity index (χ0v) is 6.76. The molecule has 1 aliphatic heterocycles. The summed E-state index contributed by atoms with van der Waals surface area (Å²) in [6, 6.07) is 0.0572. The summed E-state index contributed by atoms with van der Waals surface area (Å²) < 4.78 is 10.8. The highest BCUT2D eigenvalue weighted by atomic mass is 16.7. The van der Waals surface area contributed by atoms with Crippen LogP contribution in [0.1, 0.15) is 20.8 Å². The molecular weight excluding hydrogens is 130 g/mol. The monoisotopic (exact) mass is 145 g/mol. The van der Waals surface area contributed by atoms with Gasteiger partial charge in [-0.2, -0.15) is 0 Å². The summed E-state index contributed by atoms with van der Waals surface area (Å²) in [5.41, 5.74) is 5.61. The van der Waals surface area contributed by atoms with E-state index in [-0.39, 0.29) is 12.1 Å². The average Bonchev–Trinajstić information content (AvgIpc) is 2.10. The summed E-state index contributed by atoms with van der Waals surface area (Å²) >= 11 is 0. The number of rotatable bonds is 1. The van der Waals surface area contributed by atoms with Crippen LogP contribution >= 0.6 is 0 Å². The minimum absolute atomic E-state index is 0.0572. The van der Waals surface area contributed by atoms with Crippen LogP contribution in [0.2, 0.25) is 0 Å². The maximum atomic E-state index is 5.61. The van der Waals surface area contributed by atoms with Crippen molar-refractivity contribution in [2.75, 3.05) is 6.61 Å². The summed E-state index contributed by atoms with van der Waals surface area (Å²) in [5.74, 6) is -0.432. The second-order valence-corrected chi connectivity index (χ2v) is 3.23. The van der Waals surface area contributed by atoms with Crippen LogP contribution in [-0.2, 0) is 9.47 Å². The summed E-state index contributed by atoms with van der Waals surface area (Å²) in [7, 11) is 0. The Morgan fingerprint density at radius 2 is 2.20 bits per heavy atom. The molecule has 3 nitrogen and oxygen atoms in total. The molecule has 0 radical (unpaired) electrons. The first-order chi connectivity index (χ1) is 4.51. The van der Waals surface area contributed by atoms with Crippen LogP contribution in [0.15, 0.2) is 0 Å². The van der Waals surface area contributed by atoms with Gasteiger partial charge in [0.2, 0.25) is 0 Å². The van der Waals surface area contributed by atoms with Gasteiger partial charge in [0.05, 0.1) is 12.7 Å². The normalized spacial score (nSPS) is 34.2. The molecule has 0 amide bonds. The summed E-state index contributed by atoms with van der Waals surface area (Å²) in [6.45, 7) is 6.34. The number of hydrogen-bond acceptors (Lipinski definition) is 3. The first kappa shape index (κ1) is 7.98. The molecule has 0 aromatic rings. The van der Waals surface area contributed by atoms with Crippen molar-refractivity contribution in [3.63, 3.8) is 0 Å². The Labute approximate surface area is 61.5 Å². The molecule has 0 aromatic heterocycles. The molecule has 0 unspecified atom stereocenters. The topological polar surface area (TPSA) is 44.5 Å². The fourth-order valence-corrected chi connectivity index (χ4v) is 0.975. The molecule has 0 spiro atoms. The molecule has 0 aromatic carbocycles. The van der Waals surface area contributed by atoms with Crippen LogP contribution in [-0.4, -0.2) is 24.5 Å². The second-order valence-electron chi connectivity index (χ2n) is 3.23. The summed E-state index contributed by atoms with van der Waals surface area (Å²) in [4.78, 5) is 0. The Balaban J connectivity index is 2.43. The van der Waals surface area contributed by atoms with Gasteiger partial charge >= 0.3 is 0 Å². The SMILES string of the molecule is C[C@@H](N)[C@H]1COC(C)(C)O1. The van der Waals surface area contributed by atoms with Gasteiger partial charge in [-0.3, -0.25) is 0 Å². The van der Waals surface area contributed by atoms with E-state index in [1.54, 1.807) is 0 Å². The average molecular weight is 145 g/mol. The third-order valence-electron chi connectivity index (χ3n) is 1.62. The summed E-state index contributed by atoms with van der Waals surface area (Å²) in [5, 5.41) is 0. The third kappa shape index (κ3) is 1.68. The highest BCUT2D eigenvalue weighted by Gasteiger charge is 2.34. The molecule has 2 atom stereocenters. The van der Waals surface area contributed by atoms with Crippen LogP contribution in [0.25, 0.3) is 0 Å². The van der Waals surface area contributed by atoms with Crippen LogP contribution in [0.5, 0.6) is 0 Å². The number of ether oxygens (including phenoxy) is 2. The minimum atomic E-state index is -0.432. The van der Waals surface area contributed by atoms with Crippen molar-refractivity contribution in [2.24, 2.45) is 5.73 Å². The highest BCUT2D eigenvalue weighted by molar-refractivity contribution is 4.76. The Hall–Kier alpha value is -0.120. The van der Waals surface area contributed by atoms with Crippen molar-refractivity contribution in [2.45, 2.75) is 38.7 Å². The fraction of sp³-hybridized carbons (Fsp3) is 1.00. The van der Waals surface area contributed by atoms with E-state index in [4.69, 9.17) is 15.2 Å². The van der Waals surface area contributed by atoms with Crippen molar-refractivity contribution in [3.8, 4) is 0 Å². The van der Waals surface area contributed by atoms with Crippen LogP contribution in [0, 0.1) is 0 Å². The highest BCUT2D eigenvalue weighted by Crippen LogP contribution is 2.23. The molecule has 1 saturated heterocycles. The fourth-order valence-electron chi connectivity index (χ4n) is 0.975. The predicted octanol–water partition coefficient (Wildman–Crippen LogP) is 0.485. The largest absolute Gasteiger partial charge is 0.348 e. The number of nitrogens with two attached hydrogens (primary N) is 1. The van der Waals surface area contributed by atoms with E-state index >= 15 is 0 Å². The van der Waals surface area contributed by atoms with E-state index in [9.17, 15) is 0 Å². The Bertz CT molecular complexity index is 123. The van der Waals surface area contributed by atoms with Gasteiger partial charge in [-0.1, -0.05) is 0 Å². The second kappa shape index (κ2) is 2.49. The molecule has 0 bridgehead atoms. The molecule has 1 rings (SSSR count). The van der Waals surface area contributed by atoms with Gasteiger partial charge in [0.15, 0.2) is 5.79 Å². The molecular formula is C7H15NO2. The van der Waals surface area contributed by atoms with Crippen LogP contribution < -0.4 is 5.73 Å². The molecule has 0 aliphatic carbocycles. The zero-order chi connectivity index (χ0) is 7.78. The third-order valence-corrected chi connectivity index (χ3v) is 1.62. The van der Waals surface area contributed by atoms with Gasteiger partial charge in [-0.05, 0) is 20.8 Å². The van der Waals surface area contributed by atoms with E-state index in [1.807, 2.05) is 20.8 Å². The number of hydrogen-bond donors (Lipinski definition) is 1. The van der Waals surface area contributed by atoms with Crippen molar-refractivity contribution in [3.05, 3.63) is 0 Å². The van der Waals surface area contributed by atoms with Gasteiger partial charge < -0.3 is 15.2 Å². The van der Waals surface area contributed by atoms with Gasteiger partial charge in [0.25, 0.3) is 0 Å². The lowest BCUT2D eigenvalue weighted by molar-refractivity contribution is -0.140. The molecule has 10 heavy (non-hydrogen) atoms. The first-order valence-electron chi connectivity index (χ1n) is 3.58. The van der Waals surface area contributed by atoms with E-state index < -0.39 is 5.79 Å². The van der Waals surface area contributed by atoms with E-state index in [0.717, 1.165) is 0 Å². The Morgan fingerprint density at radius 3 is 2.40 bits per heavy atom. The Morgan fingerprint density at radius 1 is 1.60 bits per heavy atom. The lowest BCUT2D eigenvalue weighted by Gasteiger charge is -2.18. The maximum Gasteiger partial charge on any atom is 0.163 e. The van der Waals surface area contributed by atoms with E-state index in [0.29, 0.717) is 6.61 Å². The van der Waals surface area contributed by atoms with E-state index in [1.165, 1.54) is 0 Å². The quantitative estimate of drug-likeness (QED) is 0.584. The zero-order valence-electron chi connectivity index (χ0n) is 6.76. The van der Waals surface area contributed by atoms with Gasteiger partial charge in [-0.25, -0.2) is 0 Å². The Kier molecular flexibility index (Phi) is 1.99. The van der Waals surface area contributed by atoms with Gasteiger partial charge in [0, 0.05) is 6.04 Å². The first-order valence-corrected chi connectivity index (χ1v) is 3.58. The minimum Gasteiger partial charge on any atom is -0.348 e. The molecule has 1 aliphatic rings. The van der Waals surface area contributed by atoms with Crippen molar-refractivity contribution < 1.29 is 9.47 Å². The lowest BCUT2D eigenvalue weighted by Crippen LogP contribution is -2.34. The molecule has 0 saturated carbocycles. The van der Waals surface area contributed by atoms with Gasteiger partial charge in [-0.15, -0.1) is 0 Å². The summed E-state index contributed by atoms with van der Waals surface area (Å²) in [6.07, 6.45) is 0.0648. The standard InChI is InChI=1S/C7H15NO2/c1-5(8)6-4-9-7(2,3)10-6/h5-6H,4,8H2,1-3H3/t5-,6-/m1/s1. The maximum absolute atomic E-state index is 5.61. The molecule has 3 heteroatoms. The van der Waals surface area contributed by atoms with Crippen LogP contribution in [0.4, 0.5) is 0 Å². The molecule has 60 valence electrons. The molecule has 2 N–H and O–H groups in total. The molecule has 1 fully saturated rings. The van der Waals surface area contributed by atoms with Crippen molar-refractivity contribution in [1.29, 1.82) is 0 Å². The predicted molar refractivity (Wildman–Crippen MR) is 38.6 cm³/mol. The van der Waals surface area contributed by atoms with Crippen LogP contribution in [0.3, 0.4) is 0 Å². The smallest absolute Gasteiger partial charge is 0.163 e. The van der Waals surface area contributed by atoms with Gasteiger partial charge in [0.1, 0.15) is 0 Å². The lowest BCUT2D eigenvalue weighted by atomic mass is 10.2.